The van der Waals surface area contributed by atoms with Gasteiger partial charge >= 0.3 is 5.97 Å². The molecule has 0 aliphatic rings. The summed E-state index contributed by atoms with van der Waals surface area (Å²) in [7, 11) is 0. The average Bonchev–Trinajstić information content (AvgIpc) is 3.20. The molecule has 1 amide bonds. The third-order valence-electron chi connectivity index (χ3n) is 4.08. The second-order valence-corrected chi connectivity index (χ2v) is 6.57. The van der Waals surface area contributed by atoms with E-state index < -0.39 is 18.0 Å². The van der Waals surface area contributed by atoms with Crippen LogP contribution in [0.1, 0.15) is 40.0 Å². The number of carbonyl (C=O) groups excluding carboxylic acids is 2. The zero-order valence-corrected chi connectivity index (χ0v) is 16.3. The van der Waals surface area contributed by atoms with Crippen molar-refractivity contribution in [3.05, 3.63) is 52.5 Å². The molecule has 0 spiro atoms. The standard InChI is InChI=1S/C19H21N5O4/c1-10-6-7-15(11(2)8-10)24-21-13(4)17(22-24)19(26)27-14(5)18(25)20-16-9-12(3)28-23-16/h6-9,14H,1-5H3,(H,20,23,25)/t14-/m1/s1. The molecular weight excluding hydrogens is 362 g/mol. The summed E-state index contributed by atoms with van der Waals surface area (Å²) in [5.41, 5.74) is 3.32. The Kier molecular flexibility index (Phi) is 5.25. The number of hydrogen-bond acceptors (Lipinski definition) is 7. The van der Waals surface area contributed by atoms with Crippen molar-refractivity contribution in [1.29, 1.82) is 0 Å². The summed E-state index contributed by atoms with van der Waals surface area (Å²) >= 11 is 0. The van der Waals surface area contributed by atoms with E-state index in [1.54, 1.807) is 19.9 Å². The van der Waals surface area contributed by atoms with Gasteiger partial charge in [0.25, 0.3) is 5.91 Å². The Morgan fingerprint density at radius 3 is 2.54 bits per heavy atom. The van der Waals surface area contributed by atoms with Crippen molar-refractivity contribution in [2.75, 3.05) is 5.32 Å². The fourth-order valence-corrected chi connectivity index (χ4v) is 2.63. The molecule has 0 unspecified atom stereocenters. The predicted octanol–water partition coefficient (Wildman–Crippen LogP) is 2.67. The fourth-order valence-electron chi connectivity index (χ4n) is 2.63. The van der Waals surface area contributed by atoms with E-state index in [9.17, 15) is 9.59 Å². The Labute approximate surface area is 161 Å². The maximum absolute atomic E-state index is 12.5. The van der Waals surface area contributed by atoms with E-state index in [0.29, 0.717) is 11.5 Å². The van der Waals surface area contributed by atoms with Crippen LogP contribution in [0.25, 0.3) is 5.69 Å². The van der Waals surface area contributed by atoms with Gasteiger partial charge in [0, 0.05) is 6.07 Å². The molecule has 9 heteroatoms. The molecule has 2 aromatic heterocycles. The molecule has 0 aliphatic heterocycles. The third-order valence-corrected chi connectivity index (χ3v) is 4.08. The Bertz CT molecular complexity index is 1040. The summed E-state index contributed by atoms with van der Waals surface area (Å²) in [5.74, 6) is -0.450. The van der Waals surface area contributed by atoms with Crippen molar-refractivity contribution < 1.29 is 18.8 Å². The van der Waals surface area contributed by atoms with Crippen LogP contribution >= 0.6 is 0 Å². The fraction of sp³-hybridized carbons (Fsp3) is 0.316. The van der Waals surface area contributed by atoms with E-state index in [1.165, 1.54) is 11.7 Å². The number of nitrogens with zero attached hydrogens (tertiary/aromatic N) is 4. The Morgan fingerprint density at radius 1 is 1.14 bits per heavy atom. The van der Waals surface area contributed by atoms with E-state index in [-0.39, 0.29) is 11.5 Å². The molecule has 0 fully saturated rings. The number of amides is 1. The number of benzene rings is 1. The number of nitrogens with one attached hydrogen (secondary N) is 1. The monoisotopic (exact) mass is 383 g/mol. The predicted molar refractivity (Wildman–Crippen MR) is 100 cm³/mol. The molecule has 2 heterocycles. The molecule has 0 aliphatic carbocycles. The summed E-state index contributed by atoms with van der Waals surface area (Å²) in [6, 6.07) is 7.39. The van der Waals surface area contributed by atoms with E-state index in [4.69, 9.17) is 9.26 Å². The molecule has 0 radical (unpaired) electrons. The maximum Gasteiger partial charge on any atom is 0.361 e. The van der Waals surface area contributed by atoms with Gasteiger partial charge in [-0.25, -0.2) is 4.79 Å². The van der Waals surface area contributed by atoms with Crippen LogP contribution in [-0.4, -0.2) is 38.1 Å². The van der Waals surface area contributed by atoms with Gasteiger partial charge in [-0.2, -0.15) is 9.90 Å². The number of hydrogen-bond donors (Lipinski definition) is 1. The van der Waals surface area contributed by atoms with Crippen LogP contribution in [0.5, 0.6) is 0 Å². The normalized spacial score (nSPS) is 11.9. The van der Waals surface area contributed by atoms with Crippen molar-refractivity contribution in [2.45, 2.75) is 40.7 Å². The number of ether oxygens (including phenoxy) is 1. The van der Waals surface area contributed by atoms with Crippen molar-refractivity contribution in [2.24, 2.45) is 0 Å². The number of carbonyl (C=O) groups is 2. The molecule has 3 aromatic rings. The van der Waals surface area contributed by atoms with Crippen LogP contribution in [-0.2, 0) is 9.53 Å². The lowest BCUT2D eigenvalue weighted by Gasteiger charge is -2.11. The lowest BCUT2D eigenvalue weighted by Crippen LogP contribution is -2.30. The van der Waals surface area contributed by atoms with Gasteiger partial charge in [-0.05, 0) is 46.2 Å². The first kappa shape index (κ1) is 19.3. The van der Waals surface area contributed by atoms with Gasteiger partial charge in [-0.1, -0.05) is 22.9 Å². The number of rotatable bonds is 5. The quantitative estimate of drug-likeness (QED) is 0.674. The molecule has 0 bridgehead atoms. The second kappa shape index (κ2) is 7.63. The van der Waals surface area contributed by atoms with Crippen LogP contribution in [0.15, 0.2) is 28.8 Å². The number of aryl methyl sites for hydroxylation is 4. The molecule has 28 heavy (non-hydrogen) atoms. The summed E-state index contributed by atoms with van der Waals surface area (Å²) in [6.45, 7) is 8.76. The summed E-state index contributed by atoms with van der Waals surface area (Å²) < 4.78 is 10.1. The van der Waals surface area contributed by atoms with Crippen LogP contribution in [0.4, 0.5) is 5.82 Å². The molecule has 1 aromatic carbocycles. The highest BCUT2D eigenvalue weighted by atomic mass is 16.5. The van der Waals surface area contributed by atoms with E-state index in [2.05, 4.69) is 20.7 Å². The molecule has 0 saturated carbocycles. The average molecular weight is 383 g/mol. The molecule has 1 N–H and O–H groups in total. The smallest absolute Gasteiger partial charge is 0.361 e. The minimum absolute atomic E-state index is 0.0527. The summed E-state index contributed by atoms with van der Waals surface area (Å²) in [5, 5.41) is 14.7. The Morgan fingerprint density at radius 2 is 1.89 bits per heavy atom. The number of aromatic nitrogens is 4. The maximum atomic E-state index is 12.5. The molecule has 9 nitrogen and oxygen atoms in total. The highest BCUT2D eigenvalue weighted by molar-refractivity contribution is 5.96. The van der Waals surface area contributed by atoms with Crippen LogP contribution in [0.2, 0.25) is 0 Å². The van der Waals surface area contributed by atoms with E-state index >= 15 is 0 Å². The molecule has 3 rings (SSSR count). The minimum Gasteiger partial charge on any atom is -0.448 e. The van der Waals surface area contributed by atoms with Gasteiger partial charge in [-0.15, -0.1) is 5.10 Å². The van der Waals surface area contributed by atoms with Crippen LogP contribution < -0.4 is 5.32 Å². The van der Waals surface area contributed by atoms with Crippen LogP contribution in [0, 0.1) is 27.7 Å². The molecule has 1 atom stereocenters. The molecule has 146 valence electrons. The zero-order chi connectivity index (χ0) is 20.4. The topological polar surface area (TPSA) is 112 Å². The Balaban J connectivity index is 1.72. The van der Waals surface area contributed by atoms with Gasteiger partial charge in [0.2, 0.25) is 0 Å². The lowest BCUT2D eigenvalue weighted by molar-refractivity contribution is -0.123. The highest BCUT2D eigenvalue weighted by Gasteiger charge is 2.24. The first-order valence-electron chi connectivity index (χ1n) is 8.71. The van der Waals surface area contributed by atoms with Gasteiger partial charge < -0.3 is 14.6 Å². The molecular formula is C19H21N5O4. The largest absolute Gasteiger partial charge is 0.448 e. The van der Waals surface area contributed by atoms with Gasteiger partial charge in [-0.3, -0.25) is 4.79 Å². The SMILES string of the molecule is Cc1ccc(-n2nc(C)c(C(=O)O[C@H](C)C(=O)Nc3cc(C)on3)n2)c(C)c1. The summed E-state index contributed by atoms with van der Waals surface area (Å²) in [4.78, 5) is 26.0. The number of anilines is 1. The first-order chi connectivity index (χ1) is 13.2. The lowest BCUT2D eigenvalue weighted by atomic mass is 10.1. The number of esters is 1. The van der Waals surface area contributed by atoms with Gasteiger partial charge in [0.15, 0.2) is 17.6 Å². The van der Waals surface area contributed by atoms with E-state index in [0.717, 1.165) is 16.8 Å². The first-order valence-corrected chi connectivity index (χ1v) is 8.71. The van der Waals surface area contributed by atoms with E-state index in [1.807, 2.05) is 32.0 Å². The second-order valence-electron chi connectivity index (χ2n) is 6.57. The van der Waals surface area contributed by atoms with Gasteiger partial charge in [0.05, 0.1) is 11.4 Å². The Hall–Kier alpha value is -3.49. The van der Waals surface area contributed by atoms with Gasteiger partial charge in [0.1, 0.15) is 5.76 Å². The van der Waals surface area contributed by atoms with Crippen molar-refractivity contribution in [3.63, 3.8) is 0 Å². The minimum atomic E-state index is -1.05. The molecule has 0 saturated heterocycles. The van der Waals surface area contributed by atoms with Crippen molar-refractivity contribution in [1.82, 2.24) is 20.2 Å². The summed E-state index contributed by atoms with van der Waals surface area (Å²) in [6.07, 6.45) is -1.05. The van der Waals surface area contributed by atoms with Crippen LogP contribution in [0.3, 0.4) is 0 Å². The highest BCUT2D eigenvalue weighted by Crippen LogP contribution is 2.16. The zero-order valence-electron chi connectivity index (χ0n) is 16.3. The van der Waals surface area contributed by atoms with Crippen molar-refractivity contribution >= 4 is 17.7 Å². The van der Waals surface area contributed by atoms with Crippen molar-refractivity contribution in [3.8, 4) is 5.69 Å². The third kappa shape index (κ3) is 4.08.